The third kappa shape index (κ3) is 3.06. The summed E-state index contributed by atoms with van der Waals surface area (Å²) in [5.74, 6) is 0. The topological polar surface area (TPSA) is 62.2 Å². The normalized spacial score (nSPS) is 11.2. The molecule has 0 aromatic carbocycles. The Bertz CT molecular complexity index is 183. The quantitative estimate of drug-likeness (QED) is 0.543. The maximum Gasteiger partial charge on any atom is 0.141 e. The van der Waals surface area contributed by atoms with Crippen molar-refractivity contribution in [1.29, 1.82) is 5.26 Å². The lowest BCUT2D eigenvalue weighted by atomic mass is 10.4. The largest absolute Gasteiger partial charge is 0.405 e. The van der Waals surface area contributed by atoms with E-state index in [0.717, 1.165) is 0 Å². The average molecular weight is 121 g/mol. The van der Waals surface area contributed by atoms with Gasteiger partial charge in [-0.3, -0.25) is 0 Å². The van der Waals surface area contributed by atoms with Gasteiger partial charge in [0.05, 0.1) is 0 Å². The second-order valence-electron chi connectivity index (χ2n) is 1.17. The van der Waals surface area contributed by atoms with Crippen molar-refractivity contribution >= 4 is 5.71 Å². The predicted octanol–water partition coefficient (Wildman–Crippen LogP) is 0.567. The molecule has 3 nitrogen and oxygen atoms in total. The molecule has 0 bridgehead atoms. The van der Waals surface area contributed by atoms with Crippen LogP contribution in [0.4, 0.5) is 0 Å². The molecule has 0 unspecified atom stereocenters. The van der Waals surface area contributed by atoms with Gasteiger partial charge in [0.1, 0.15) is 11.8 Å². The zero-order chi connectivity index (χ0) is 7.11. The van der Waals surface area contributed by atoms with E-state index in [2.05, 4.69) is 11.6 Å². The standard InChI is InChI=1S/C6H7N3/c1-2-9-6(5-8)3-4-7/h2-4H,1,7H2/b4-3-,9-6?. The number of allylic oxidation sites excluding steroid dienone is 1. The minimum absolute atomic E-state index is 0.257. The Kier molecular flexibility index (Phi) is 3.80. The van der Waals surface area contributed by atoms with Gasteiger partial charge in [-0.15, -0.1) is 0 Å². The molecule has 0 heterocycles. The fourth-order valence-corrected chi connectivity index (χ4v) is 0.299. The van der Waals surface area contributed by atoms with Gasteiger partial charge in [-0.05, 0) is 12.3 Å². The molecule has 0 fully saturated rings. The Balaban J connectivity index is 4.19. The van der Waals surface area contributed by atoms with Crippen molar-refractivity contribution in [3.05, 3.63) is 25.1 Å². The lowest BCUT2D eigenvalue weighted by Crippen LogP contribution is -1.88. The van der Waals surface area contributed by atoms with E-state index >= 15 is 0 Å². The maximum atomic E-state index is 8.25. The number of nitrogens with zero attached hydrogens (tertiary/aromatic N) is 2. The van der Waals surface area contributed by atoms with Gasteiger partial charge in [0.15, 0.2) is 0 Å². The molecule has 0 saturated carbocycles. The van der Waals surface area contributed by atoms with E-state index < -0.39 is 0 Å². The van der Waals surface area contributed by atoms with E-state index in [0.29, 0.717) is 0 Å². The summed E-state index contributed by atoms with van der Waals surface area (Å²) >= 11 is 0. The van der Waals surface area contributed by atoms with E-state index in [1.165, 1.54) is 18.5 Å². The number of hydrogen-bond donors (Lipinski definition) is 1. The van der Waals surface area contributed by atoms with E-state index in [4.69, 9.17) is 11.0 Å². The highest BCUT2D eigenvalue weighted by atomic mass is 14.7. The van der Waals surface area contributed by atoms with E-state index in [1.54, 1.807) is 0 Å². The van der Waals surface area contributed by atoms with Crippen LogP contribution < -0.4 is 5.73 Å². The van der Waals surface area contributed by atoms with E-state index in [-0.39, 0.29) is 5.71 Å². The molecular formula is C6H7N3. The van der Waals surface area contributed by atoms with Gasteiger partial charge in [-0.1, -0.05) is 6.58 Å². The Morgan fingerprint density at radius 3 is 2.78 bits per heavy atom. The summed E-state index contributed by atoms with van der Waals surface area (Å²) in [6.45, 7) is 3.32. The monoisotopic (exact) mass is 121 g/mol. The van der Waals surface area contributed by atoms with Crippen LogP contribution >= 0.6 is 0 Å². The van der Waals surface area contributed by atoms with Gasteiger partial charge in [-0.25, -0.2) is 4.99 Å². The zero-order valence-corrected chi connectivity index (χ0v) is 4.91. The van der Waals surface area contributed by atoms with Crippen molar-refractivity contribution in [3.63, 3.8) is 0 Å². The molecule has 0 atom stereocenters. The molecule has 2 N–H and O–H groups in total. The lowest BCUT2D eigenvalue weighted by Gasteiger charge is -1.78. The van der Waals surface area contributed by atoms with Gasteiger partial charge in [-0.2, -0.15) is 5.26 Å². The van der Waals surface area contributed by atoms with Gasteiger partial charge in [0.2, 0.25) is 0 Å². The number of rotatable bonds is 2. The van der Waals surface area contributed by atoms with Crippen LogP contribution in [0.15, 0.2) is 30.0 Å². The minimum atomic E-state index is 0.257. The lowest BCUT2D eigenvalue weighted by molar-refractivity contribution is 1.51. The molecule has 0 aliphatic carbocycles. The Morgan fingerprint density at radius 2 is 2.44 bits per heavy atom. The number of nitrogens with two attached hydrogens (primary N) is 1. The molecule has 0 rings (SSSR count). The second-order valence-corrected chi connectivity index (χ2v) is 1.17. The first kappa shape index (κ1) is 7.44. The number of aliphatic imine (C=N–C) groups is 1. The number of nitriles is 1. The van der Waals surface area contributed by atoms with Crippen LogP contribution in [0.1, 0.15) is 0 Å². The SMILES string of the molecule is C=CN=C(C#N)/C=C\N. The highest BCUT2D eigenvalue weighted by Gasteiger charge is 1.83. The fourth-order valence-electron chi connectivity index (χ4n) is 0.299. The van der Waals surface area contributed by atoms with Crippen molar-refractivity contribution in [2.24, 2.45) is 10.7 Å². The summed E-state index contributed by atoms with van der Waals surface area (Å²) in [4.78, 5) is 3.58. The molecule has 0 spiro atoms. The van der Waals surface area contributed by atoms with Crippen LogP contribution in [0.5, 0.6) is 0 Å². The van der Waals surface area contributed by atoms with Gasteiger partial charge >= 0.3 is 0 Å². The Labute approximate surface area is 53.8 Å². The van der Waals surface area contributed by atoms with Gasteiger partial charge < -0.3 is 5.73 Å². The summed E-state index contributed by atoms with van der Waals surface area (Å²) in [5, 5.41) is 8.25. The van der Waals surface area contributed by atoms with Crippen LogP contribution in [0.2, 0.25) is 0 Å². The third-order valence-electron chi connectivity index (χ3n) is 0.599. The van der Waals surface area contributed by atoms with Crippen LogP contribution in [0.3, 0.4) is 0 Å². The summed E-state index contributed by atoms with van der Waals surface area (Å²) in [7, 11) is 0. The van der Waals surface area contributed by atoms with Crippen molar-refractivity contribution in [3.8, 4) is 6.07 Å². The first-order chi connectivity index (χ1) is 4.35. The van der Waals surface area contributed by atoms with Crippen molar-refractivity contribution < 1.29 is 0 Å². The molecule has 9 heavy (non-hydrogen) atoms. The number of hydrogen-bond acceptors (Lipinski definition) is 3. The molecule has 0 saturated heterocycles. The Hall–Kier alpha value is -1.56. The van der Waals surface area contributed by atoms with E-state index in [1.807, 2.05) is 6.07 Å². The molecule has 0 aliphatic heterocycles. The van der Waals surface area contributed by atoms with Crippen LogP contribution in [0, 0.1) is 11.3 Å². The van der Waals surface area contributed by atoms with Crippen molar-refractivity contribution in [1.82, 2.24) is 0 Å². The Morgan fingerprint density at radius 1 is 1.78 bits per heavy atom. The fraction of sp³-hybridized carbons (Fsp3) is 0. The molecule has 0 radical (unpaired) electrons. The molecule has 46 valence electrons. The average Bonchev–Trinajstić information content (AvgIpc) is 1.88. The van der Waals surface area contributed by atoms with Gasteiger partial charge in [0.25, 0.3) is 0 Å². The second kappa shape index (κ2) is 4.60. The van der Waals surface area contributed by atoms with Gasteiger partial charge in [0, 0.05) is 6.20 Å². The zero-order valence-electron chi connectivity index (χ0n) is 4.91. The van der Waals surface area contributed by atoms with Crippen LogP contribution in [-0.2, 0) is 0 Å². The highest BCUT2D eigenvalue weighted by Crippen LogP contribution is 1.78. The molecule has 0 aromatic heterocycles. The van der Waals surface area contributed by atoms with E-state index in [9.17, 15) is 0 Å². The summed E-state index contributed by atoms with van der Waals surface area (Å²) in [5.41, 5.74) is 5.25. The molecule has 0 aliphatic rings. The third-order valence-corrected chi connectivity index (χ3v) is 0.599. The summed E-state index contributed by atoms with van der Waals surface area (Å²) < 4.78 is 0. The van der Waals surface area contributed by atoms with Crippen LogP contribution in [-0.4, -0.2) is 5.71 Å². The summed E-state index contributed by atoms with van der Waals surface area (Å²) in [6, 6.07) is 1.82. The highest BCUT2D eigenvalue weighted by molar-refractivity contribution is 6.07. The molecule has 0 aromatic rings. The minimum Gasteiger partial charge on any atom is -0.405 e. The predicted molar refractivity (Wildman–Crippen MR) is 36.6 cm³/mol. The first-order valence-corrected chi connectivity index (χ1v) is 2.32. The molecular weight excluding hydrogens is 114 g/mol. The van der Waals surface area contributed by atoms with Crippen molar-refractivity contribution in [2.45, 2.75) is 0 Å². The maximum absolute atomic E-state index is 8.25. The summed E-state index contributed by atoms with van der Waals surface area (Å²) in [6.07, 6.45) is 3.95. The smallest absolute Gasteiger partial charge is 0.141 e. The molecule has 0 amide bonds. The first-order valence-electron chi connectivity index (χ1n) is 2.32. The molecule has 3 heteroatoms. The van der Waals surface area contributed by atoms with Crippen LogP contribution in [0.25, 0.3) is 0 Å². The van der Waals surface area contributed by atoms with Crippen molar-refractivity contribution in [2.75, 3.05) is 0 Å².